The van der Waals surface area contributed by atoms with E-state index in [-0.39, 0.29) is 23.5 Å². The van der Waals surface area contributed by atoms with Gasteiger partial charge in [0.05, 0.1) is 6.61 Å². The maximum atomic E-state index is 14.0. The number of Topliss-reactive ketones (excluding diaryl/α,β-unsaturated/α-hetero) is 1. The molecular formula is C16H13F2N5O4. The standard InChI is InChI=1S/C16H13F2N5O4/c1-3-27-16(26)13(8(2)24)22-7-19-14-12(15(22)25)20-21-23(14)11-5-4-9(17)6-10(11)18/h4-7,13H,3H2,1-2H3/t13-/m0/s1. The number of aromatic nitrogens is 5. The SMILES string of the molecule is CCOC(=O)[C@H](C(C)=O)n1cnc2c(nnn2-c2ccc(F)cc2F)c1=O. The topological polar surface area (TPSA) is 109 Å². The minimum absolute atomic E-state index is 0.0209. The summed E-state index contributed by atoms with van der Waals surface area (Å²) in [5, 5.41) is 7.33. The number of nitrogens with zero attached hydrogens (tertiary/aromatic N) is 5. The highest BCUT2D eigenvalue weighted by molar-refractivity contribution is 6.00. The highest BCUT2D eigenvalue weighted by Gasteiger charge is 2.29. The molecule has 0 N–H and O–H groups in total. The minimum Gasteiger partial charge on any atom is -0.464 e. The monoisotopic (exact) mass is 377 g/mol. The van der Waals surface area contributed by atoms with Crippen LogP contribution in [-0.4, -0.2) is 42.9 Å². The highest BCUT2D eigenvalue weighted by Crippen LogP contribution is 2.17. The van der Waals surface area contributed by atoms with Crippen LogP contribution in [0.4, 0.5) is 8.78 Å². The zero-order valence-corrected chi connectivity index (χ0v) is 14.2. The van der Waals surface area contributed by atoms with Gasteiger partial charge in [0.15, 0.2) is 28.8 Å². The summed E-state index contributed by atoms with van der Waals surface area (Å²) in [6.45, 7) is 2.71. The predicted octanol–water partition coefficient (Wildman–Crippen LogP) is 0.949. The molecular weight excluding hydrogens is 364 g/mol. The molecule has 0 saturated carbocycles. The Morgan fingerprint density at radius 2 is 2.04 bits per heavy atom. The number of hydrogen-bond acceptors (Lipinski definition) is 7. The molecule has 0 spiro atoms. The number of fused-ring (bicyclic) bond motifs is 1. The lowest BCUT2D eigenvalue weighted by atomic mass is 10.2. The van der Waals surface area contributed by atoms with Gasteiger partial charge in [-0.05, 0) is 26.0 Å². The zero-order chi connectivity index (χ0) is 19.7. The van der Waals surface area contributed by atoms with Gasteiger partial charge in [-0.25, -0.2) is 18.6 Å². The normalized spacial score (nSPS) is 12.1. The zero-order valence-electron chi connectivity index (χ0n) is 14.2. The Hall–Kier alpha value is -3.50. The lowest BCUT2D eigenvalue weighted by Gasteiger charge is -2.14. The largest absolute Gasteiger partial charge is 0.464 e. The lowest BCUT2D eigenvalue weighted by molar-refractivity contribution is -0.150. The molecule has 2 aromatic heterocycles. The van der Waals surface area contributed by atoms with E-state index in [1.165, 1.54) is 0 Å². The summed E-state index contributed by atoms with van der Waals surface area (Å²) >= 11 is 0. The summed E-state index contributed by atoms with van der Waals surface area (Å²) in [5.74, 6) is -3.26. The Morgan fingerprint density at radius 3 is 2.67 bits per heavy atom. The van der Waals surface area contributed by atoms with Crippen LogP contribution in [0.1, 0.15) is 19.9 Å². The number of benzene rings is 1. The fourth-order valence-electron chi connectivity index (χ4n) is 2.52. The molecule has 0 bridgehead atoms. The van der Waals surface area contributed by atoms with Gasteiger partial charge in [-0.15, -0.1) is 5.10 Å². The molecule has 0 unspecified atom stereocenters. The molecule has 0 radical (unpaired) electrons. The fourth-order valence-corrected chi connectivity index (χ4v) is 2.52. The molecule has 0 saturated heterocycles. The minimum atomic E-state index is -1.53. The van der Waals surface area contributed by atoms with Gasteiger partial charge < -0.3 is 4.74 Å². The Labute approximate surface area is 150 Å². The van der Waals surface area contributed by atoms with Crippen LogP contribution in [0, 0.1) is 11.6 Å². The van der Waals surface area contributed by atoms with E-state index >= 15 is 0 Å². The number of hydrogen-bond donors (Lipinski definition) is 0. The third-order valence-electron chi connectivity index (χ3n) is 3.70. The van der Waals surface area contributed by atoms with Crippen LogP contribution >= 0.6 is 0 Å². The smallest absolute Gasteiger partial charge is 0.337 e. The van der Waals surface area contributed by atoms with Gasteiger partial charge in [0.2, 0.25) is 0 Å². The highest BCUT2D eigenvalue weighted by atomic mass is 19.1. The molecule has 11 heteroatoms. The number of carbonyl (C=O) groups is 2. The van der Waals surface area contributed by atoms with E-state index in [2.05, 4.69) is 15.3 Å². The molecule has 2 heterocycles. The van der Waals surface area contributed by atoms with Crippen molar-refractivity contribution in [2.24, 2.45) is 0 Å². The molecule has 0 aliphatic heterocycles. The summed E-state index contributed by atoms with van der Waals surface area (Å²) in [6.07, 6.45) is 0.953. The van der Waals surface area contributed by atoms with Gasteiger partial charge in [0.1, 0.15) is 17.8 Å². The molecule has 3 aromatic rings. The number of rotatable bonds is 5. The first kappa shape index (κ1) is 18.3. The maximum Gasteiger partial charge on any atom is 0.337 e. The molecule has 9 nitrogen and oxygen atoms in total. The van der Waals surface area contributed by atoms with Crippen molar-refractivity contribution >= 4 is 22.9 Å². The van der Waals surface area contributed by atoms with Crippen LogP contribution < -0.4 is 5.56 Å². The molecule has 140 valence electrons. The maximum absolute atomic E-state index is 14.0. The van der Waals surface area contributed by atoms with Crippen LogP contribution in [0.15, 0.2) is 29.3 Å². The Bertz CT molecular complexity index is 1110. The van der Waals surface area contributed by atoms with E-state index in [4.69, 9.17) is 4.74 Å². The second-order valence-corrected chi connectivity index (χ2v) is 5.49. The Morgan fingerprint density at radius 1 is 1.30 bits per heavy atom. The summed E-state index contributed by atoms with van der Waals surface area (Å²) in [4.78, 5) is 40.5. The average molecular weight is 377 g/mol. The Kier molecular flexibility index (Phi) is 4.75. The van der Waals surface area contributed by atoms with Gasteiger partial charge >= 0.3 is 5.97 Å². The predicted molar refractivity (Wildman–Crippen MR) is 87.2 cm³/mol. The third-order valence-corrected chi connectivity index (χ3v) is 3.70. The molecule has 0 fully saturated rings. The van der Waals surface area contributed by atoms with Crippen LogP contribution in [0.2, 0.25) is 0 Å². The van der Waals surface area contributed by atoms with Crippen LogP contribution in [-0.2, 0) is 14.3 Å². The van der Waals surface area contributed by atoms with Gasteiger partial charge in [-0.1, -0.05) is 5.21 Å². The Balaban J connectivity index is 2.16. The second-order valence-electron chi connectivity index (χ2n) is 5.49. The number of ketones is 1. The molecule has 1 aromatic carbocycles. The van der Waals surface area contributed by atoms with E-state index in [1.807, 2.05) is 0 Å². The van der Waals surface area contributed by atoms with Crippen molar-refractivity contribution in [3.8, 4) is 5.69 Å². The van der Waals surface area contributed by atoms with Crippen molar-refractivity contribution in [3.05, 3.63) is 46.5 Å². The first-order valence-corrected chi connectivity index (χ1v) is 7.80. The molecule has 0 aliphatic rings. The first-order chi connectivity index (χ1) is 12.8. The van der Waals surface area contributed by atoms with E-state index < -0.39 is 35.0 Å². The lowest BCUT2D eigenvalue weighted by Crippen LogP contribution is -2.35. The van der Waals surface area contributed by atoms with E-state index in [0.29, 0.717) is 6.07 Å². The summed E-state index contributed by atoms with van der Waals surface area (Å²) in [6, 6.07) is 1.25. The molecule has 3 rings (SSSR count). The van der Waals surface area contributed by atoms with Crippen molar-refractivity contribution in [2.45, 2.75) is 19.9 Å². The van der Waals surface area contributed by atoms with E-state index in [9.17, 15) is 23.2 Å². The molecule has 1 atom stereocenters. The van der Waals surface area contributed by atoms with Crippen molar-refractivity contribution in [1.82, 2.24) is 24.5 Å². The number of carbonyl (C=O) groups excluding carboxylic acids is 2. The van der Waals surface area contributed by atoms with Crippen molar-refractivity contribution in [3.63, 3.8) is 0 Å². The number of ether oxygens (including phenoxy) is 1. The van der Waals surface area contributed by atoms with Gasteiger partial charge in [0, 0.05) is 6.07 Å². The molecule has 0 amide bonds. The van der Waals surface area contributed by atoms with Gasteiger partial charge in [-0.2, -0.15) is 4.68 Å². The average Bonchev–Trinajstić information content (AvgIpc) is 3.02. The van der Waals surface area contributed by atoms with Crippen molar-refractivity contribution in [2.75, 3.05) is 6.61 Å². The second kappa shape index (κ2) is 7.02. The van der Waals surface area contributed by atoms with E-state index in [1.54, 1.807) is 6.92 Å². The van der Waals surface area contributed by atoms with E-state index in [0.717, 1.165) is 34.6 Å². The van der Waals surface area contributed by atoms with Crippen LogP contribution in [0.25, 0.3) is 16.9 Å². The van der Waals surface area contributed by atoms with Crippen LogP contribution in [0.5, 0.6) is 0 Å². The fraction of sp³-hybridized carbons (Fsp3) is 0.250. The molecule has 0 aliphatic carbocycles. The van der Waals surface area contributed by atoms with Gasteiger partial charge in [0.25, 0.3) is 5.56 Å². The van der Waals surface area contributed by atoms with Crippen LogP contribution in [0.3, 0.4) is 0 Å². The summed E-state index contributed by atoms with van der Waals surface area (Å²) < 4.78 is 33.6. The molecule has 27 heavy (non-hydrogen) atoms. The summed E-state index contributed by atoms with van der Waals surface area (Å²) in [7, 11) is 0. The summed E-state index contributed by atoms with van der Waals surface area (Å²) in [5.41, 5.74) is -1.41. The van der Waals surface area contributed by atoms with Crippen molar-refractivity contribution in [1.29, 1.82) is 0 Å². The van der Waals surface area contributed by atoms with Gasteiger partial charge in [-0.3, -0.25) is 14.2 Å². The third kappa shape index (κ3) is 3.18. The van der Waals surface area contributed by atoms with Crippen molar-refractivity contribution < 1.29 is 23.1 Å². The first-order valence-electron chi connectivity index (χ1n) is 7.80. The number of esters is 1. The number of halogens is 2. The quantitative estimate of drug-likeness (QED) is 0.481.